The lowest BCUT2D eigenvalue weighted by atomic mass is 10.1. The first-order valence-corrected chi connectivity index (χ1v) is 10.4. The Morgan fingerprint density at radius 2 is 1.89 bits per heavy atom. The van der Waals surface area contributed by atoms with Gasteiger partial charge in [-0.25, -0.2) is 13.1 Å². The number of benzene rings is 2. The zero-order valence-electron chi connectivity index (χ0n) is 15.6. The molecule has 0 radical (unpaired) electrons. The van der Waals surface area contributed by atoms with Crippen molar-refractivity contribution >= 4 is 27.5 Å². The Balaban J connectivity index is 2.01. The molecule has 0 saturated carbocycles. The molecule has 28 heavy (non-hydrogen) atoms. The number of carbonyl (C=O) groups excluding carboxylic acids is 1. The minimum absolute atomic E-state index is 0.0113. The maximum atomic E-state index is 12.6. The normalized spacial score (nSPS) is 12.4. The number of amides is 1. The van der Waals surface area contributed by atoms with Gasteiger partial charge in [-0.05, 0) is 30.7 Å². The van der Waals surface area contributed by atoms with E-state index in [2.05, 4.69) is 10.0 Å². The standard InChI is InChI=1S/C19H23ClN2O5S/c1-14(15-6-4-3-5-7-15)22-28(24,25)16-8-9-18(17(20)12-16)27-13-19(23)21-10-11-26-2/h3-9,12,14,22H,10-11,13H2,1-2H3,(H,21,23)/t14-/m0/s1. The molecule has 2 N–H and O–H groups in total. The Morgan fingerprint density at radius 1 is 1.18 bits per heavy atom. The zero-order valence-corrected chi connectivity index (χ0v) is 17.2. The summed E-state index contributed by atoms with van der Waals surface area (Å²) in [5, 5.41) is 2.71. The van der Waals surface area contributed by atoms with Crippen LogP contribution < -0.4 is 14.8 Å². The number of methoxy groups -OCH3 is 1. The van der Waals surface area contributed by atoms with Gasteiger partial charge >= 0.3 is 0 Å². The first-order valence-electron chi connectivity index (χ1n) is 8.58. The third-order valence-corrected chi connectivity index (χ3v) is 5.67. The van der Waals surface area contributed by atoms with Crippen molar-refractivity contribution in [1.29, 1.82) is 0 Å². The molecule has 152 valence electrons. The SMILES string of the molecule is COCCNC(=O)COc1ccc(S(=O)(=O)N[C@@H](C)c2ccccc2)cc1Cl. The lowest BCUT2D eigenvalue weighted by Crippen LogP contribution is -2.31. The Hall–Kier alpha value is -2.13. The second-order valence-electron chi connectivity index (χ2n) is 5.98. The van der Waals surface area contributed by atoms with Crippen LogP contribution in [-0.4, -0.2) is 41.2 Å². The molecule has 0 unspecified atom stereocenters. The van der Waals surface area contributed by atoms with Gasteiger partial charge in [0.05, 0.1) is 16.5 Å². The van der Waals surface area contributed by atoms with Crippen LogP contribution in [0.2, 0.25) is 5.02 Å². The van der Waals surface area contributed by atoms with Gasteiger partial charge in [0.15, 0.2) is 6.61 Å². The fourth-order valence-corrected chi connectivity index (χ4v) is 3.92. The van der Waals surface area contributed by atoms with E-state index < -0.39 is 16.1 Å². The minimum atomic E-state index is -3.78. The molecule has 0 bridgehead atoms. The summed E-state index contributed by atoms with van der Waals surface area (Å²) < 4.78 is 38.0. The molecule has 0 aliphatic rings. The molecule has 0 saturated heterocycles. The zero-order chi connectivity index (χ0) is 20.6. The van der Waals surface area contributed by atoms with E-state index in [0.29, 0.717) is 13.2 Å². The molecule has 0 spiro atoms. The highest BCUT2D eigenvalue weighted by atomic mass is 35.5. The van der Waals surface area contributed by atoms with Crippen LogP contribution >= 0.6 is 11.6 Å². The summed E-state index contributed by atoms with van der Waals surface area (Å²) in [5.41, 5.74) is 0.844. The molecular formula is C19H23ClN2O5S. The van der Waals surface area contributed by atoms with Crippen LogP contribution in [0.25, 0.3) is 0 Å². The fourth-order valence-electron chi connectivity index (χ4n) is 2.36. The largest absolute Gasteiger partial charge is 0.482 e. The van der Waals surface area contributed by atoms with Gasteiger partial charge in [-0.1, -0.05) is 41.9 Å². The summed E-state index contributed by atoms with van der Waals surface area (Å²) in [5.74, 6) is -0.109. The van der Waals surface area contributed by atoms with E-state index in [1.54, 1.807) is 6.92 Å². The topological polar surface area (TPSA) is 93.7 Å². The third-order valence-electron chi connectivity index (χ3n) is 3.83. The van der Waals surface area contributed by atoms with Crippen LogP contribution in [0.4, 0.5) is 0 Å². The smallest absolute Gasteiger partial charge is 0.258 e. The first-order chi connectivity index (χ1) is 13.3. The maximum absolute atomic E-state index is 12.6. The van der Waals surface area contributed by atoms with Crippen molar-refractivity contribution in [1.82, 2.24) is 10.0 Å². The highest BCUT2D eigenvalue weighted by Crippen LogP contribution is 2.28. The number of rotatable bonds is 10. The number of hydrogen-bond acceptors (Lipinski definition) is 5. The van der Waals surface area contributed by atoms with Crippen molar-refractivity contribution in [3.8, 4) is 5.75 Å². The summed E-state index contributed by atoms with van der Waals surface area (Å²) in [4.78, 5) is 11.7. The van der Waals surface area contributed by atoms with Gasteiger partial charge in [0.25, 0.3) is 5.91 Å². The average Bonchev–Trinajstić information content (AvgIpc) is 2.67. The van der Waals surface area contributed by atoms with Gasteiger partial charge in [0, 0.05) is 19.7 Å². The van der Waals surface area contributed by atoms with Gasteiger partial charge in [0.1, 0.15) is 5.75 Å². The molecule has 2 aromatic carbocycles. The van der Waals surface area contributed by atoms with Gasteiger partial charge in [0.2, 0.25) is 10.0 Å². The van der Waals surface area contributed by atoms with Gasteiger partial charge in [-0.2, -0.15) is 0 Å². The summed E-state index contributed by atoms with van der Waals surface area (Å²) in [7, 11) is -2.24. The van der Waals surface area contributed by atoms with Crippen molar-refractivity contribution < 1.29 is 22.7 Å². The molecule has 0 aliphatic heterocycles. The van der Waals surface area contributed by atoms with Crippen LogP contribution in [0.5, 0.6) is 5.75 Å². The number of hydrogen-bond donors (Lipinski definition) is 2. The van der Waals surface area contributed by atoms with E-state index in [0.717, 1.165) is 5.56 Å². The summed E-state index contributed by atoms with van der Waals surface area (Å²) >= 11 is 6.13. The van der Waals surface area contributed by atoms with E-state index in [9.17, 15) is 13.2 Å². The van der Waals surface area contributed by atoms with Crippen LogP contribution in [0, 0.1) is 0 Å². The third kappa shape index (κ3) is 6.49. The Morgan fingerprint density at radius 3 is 2.54 bits per heavy atom. The molecule has 0 aliphatic carbocycles. The molecular weight excluding hydrogens is 404 g/mol. The number of sulfonamides is 1. The Labute approximate surface area is 170 Å². The lowest BCUT2D eigenvalue weighted by molar-refractivity contribution is -0.123. The van der Waals surface area contributed by atoms with E-state index >= 15 is 0 Å². The number of halogens is 1. The van der Waals surface area contributed by atoms with Gasteiger partial charge in [-0.3, -0.25) is 4.79 Å². The molecule has 2 aromatic rings. The van der Waals surface area contributed by atoms with E-state index in [-0.39, 0.29) is 28.2 Å². The fraction of sp³-hybridized carbons (Fsp3) is 0.316. The predicted molar refractivity (Wildman–Crippen MR) is 107 cm³/mol. The monoisotopic (exact) mass is 426 g/mol. The molecule has 1 amide bonds. The number of ether oxygens (including phenoxy) is 2. The number of carbonyl (C=O) groups is 1. The molecule has 0 fully saturated rings. The van der Waals surface area contributed by atoms with Crippen LogP contribution in [0.3, 0.4) is 0 Å². The molecule has 9 heteroatoms. The van der Waals surface area contributed by atoms with E-state index in [1.165, 1.54) is 25.3 Å². The second kappa shape index (κ2) is 10.4. The van der Waals surface area contributed by atoms with Crippen molar-refractivity contribution in [2.75, 3.05) is 26.9 Å². The predicted octanol–water partition coefficient (Wildman–Crippen LogP) is 2.52. The van der Waals surface area contributed by atoms with E-state index in [4.69, 9.17) is 21.1 Å². The summed E-state index contributed by atoms with van der Waals surface area (Å²) in [6.07, 6.45) is 0. The molecule has 0 heterocycles. The minimum Gasteiger partial charge on any atom is -0.482 e. The van der Waals surface area contributed by atoms with Crippen LogP contribution in [-0.2, 0) is 19.6 Å². The highest BCUT2D eigenvalue weighted by molar-refractivity contribution is 7.89. The molecule has 0 aromatic heterocycles. The Bertz CT molecular complexity index is 890. The average molecular weight is 427 g/mol. The van der Waals surface area contributed by atoms with E-state index in [1.807, 2.05) is 30.3 Å². The van der Waals surface area contributed by atoms with Crippen molar-refractivity contribution in [2.24, 2.45) is 0 Å². The van der Waals surface area contributed by atoms with Crippen LogP contribution in [0.1, 0.15) is 18.5 Å². The summed E-state index contributed by atoms with van der Waals surface area (Å²) in [6, 6.07) is 12.9. The summed E-state index contributed by atoms with van der Waals surface area (Å²) in [6.45, 7) is 2.29. The van der Waals surface area contributed by atoms with Gasteiger partial charge in [-0.15, -0.1) is 0 Å². The van der Waals surface area contributed by atoms with Crippen molar-refractivity contribution in [3.63, 3.8) is 0 Å². The van der Waals surface area contributed by atoms with Gasteiger partial charge < -0.3 is 14.8 Å². The maximum Gasteiger partial charge on any atom is 0.258 e. The second-order valence-corrected chi connectivity index (χ2v) is 8.10. The lowest BCUT2D eigenvalue weighted by Gasteiger charge is -2.15. The molecule has 7 nitrogen and oxygen atoms in total. The first kappa shape index (κ1) is 22.2. The number of nitrogens with one attached hydrogen (secondary N) is 2. The van der Waals surface area contributed by atoms with Crippen molar-refractivity contribution in [2.45, 2.75) is 17.9 Å². The quantitative estimate of drug-likeness (QED) is 0.569. The molecule has 1 atom stereocenters. The van der Waals surface area contributed by atoms with Crippen LogP contribution in [0.15, 0.2) is 53.4 Å². The molecule has 2 rings (SSSR count). The van der Waals surface area contributed by atoms with Crippen molar-refractivity contribution in [3.05, 3.63) is 59.1 Å². The highest BCUT2D eigenvalue weighted by Gasteiger charge is 2.20. The Kier molecular flexibility index (Phi) is 8.25.